The molecular formula is C12H14N2O2. The Balaban J connectivity index is 2.05. The number of amides is 3. The molecular weight excluding hydrogens is 204 g/mol. The van der Waals surface area contributed by atoms with Crippen molar-refractivity contribution in [1.82, 2.24) is 10.2 Å². The topological polar surface area (TPSA) is 49.4 Å². The standard InChI is InChI=1S/C12H14N2O2/c1-9-7-14(12(16)13-11(9)15)8-10-5-3-2-4-6-10/h2-6,9H,7-8H2,1H3,(H,13,15,16)/t9-/m0/s1. The molecule has 0 aliphatic carbocycles. The summed E-state index contributed by atoms with van der Waals surface area (Å²) in [6, 6.07) is 9.44. The third-order valence-electron chi connectivity index (χ3n) is 2.68. The molecule has 1 aromatic carbocycles. The summed E-state index contributed by atoms with van der Waals surface area (Å²) in [7, 11) is 0. The van der Waals surface area contributed by atoms with Crippen LogP contribution in [0.25, 0.3) is 0 Å². The maximum atomic E-state index is 11.5. The molecule has 0 spiro atoms. The van der Waals surface area contributed by atoms with Crippen LogP contribution in [0.4, 0.5) is 4.79 Å². The molecule has 16 heavy (non-hydrogen) atoms. The predicted octanol–water partition coefficient (Wildman–Crippen LogP) is 1.37. The molecule has 1 heterocycles. The predicted molar refractivity (Wildman–Crippen MR) is 59.6 cm³/mol. The van der Waals surface area contributed by atoms with Crippen LogP contribution in [0, 0.1) is 5.92 Å². The first kappa shape index (κ1) is 10.7. The molecule has 1 fully saturated rings. The van der Waals surface area contributed by atoms with Gasteiger partial charge in [0, 0.05) is 13.1 Å². The van der Waals surface area contributed by atoms with Crippen molar-refractivity contribution in [2.75, 3.05) is 6.54 Å². The zero-order valence-corrected chi connectivity index (χ0v) is 9.14. The van der Waals surface area contributed by atoms with Crippen molar-refractivity contribution >= 4 is 11.9 Å². The van der Waals surface area contributed by atoms with E-state index >= 15 is 0 Å². The zero-order chi connectivity index (χ0) is 11.5. The molecule has 1 aliphatic rings. The Labute approximate surface area is 94.2 Å². The van der Waals surface area contributed by atoms with Gasteiger partial charge < -0.3 is 4.90 Å². The van der Waals surface area contributed by atoms with Crippen LogP contribution in [0.2, 0.25) is 0 Å². The normalized spacial score (nSPS) is 20.8. The fourth-order valence-electron chi connectivity index (χ4n) is 1.74. The minimum atomic E-state index is -0.299. The molecule has 0 aromatic heterocycles. The minimum Gasteiger partial charge on any atom is -0.319 e. The van der Waals surface area contributed by atoms with Crippen molar-refractivity contribution in [1.29, 1.82) is 0 Å². The molecule has 84 valence electrons. The molecule has 1 N–H and O–H groups in total. The molecule has 4 nitrogen and oxygen atoms in total. The van der Waals surface area contributed by atoms with E-state index in [0.717, 1.165) is 5.56 Å². The van der Waals surface area contributed by atoms with Crippen molar-refractivity contribution < 1.29 is 9.59 Å². The van der Waals surface area contributed by atoms with E-state index in [1.54, 1.807) is 4.90 Å². The van der Waals surface area contributed by atoms with Crippen molar-refractivity contribution in [3.05, 3.63) is 35.9 Å². The average molecular weight is 218 g/mol. The van der Waals surface area contributed by atoms with Crippen LogP contribution in [0.5, 0.6) is 0 Å². The van der Waals surface area contributed by atoms with E-state index in [9.17, 15) is 9.59 Å². The van der Waals surface area contributed by atoms with E-state index in [1.807, 2.05) is 37.3 Å². The number of urea groups is 1. The molecule has 0 unspecified atom stereocenters. The van der Waals surface area contributed by atoms with Gasteiger partial charge in [-0.3, -0.25) is 10.1 Å². The quantitative estimate of drug-likeness (QED) is 0.815. The molecule has 1 aliphatic heterocycles. The Bertz CT molecular complexity index is 403. The number of rotatable bonds is 2. The summed E-state index contributed by atoms with van der Waals surface area (Å²) in [5, 5.41) is 2.35. The van der Waals surface area contributed by atoms with Gasteiger partial charge in [0.1, 0.15) is 0 Å². The number of carbonyl (C=O) groups excluding carboxylic acids is 2. The minimum absolute atomic E-state index is 0.138. The van der Waals surface area contributed by atoms with E-state index < -0.39 is 0 Å². The van der Waals surface area contributed by atoms with Gasteiger partial charge in [-0.25, -0.2) is 4.79 Å². The summed E-state index contributed by atoms with van der Waals surface area (Å²) in [5.74, 6) is -0.323. The van der Waals surface area contributed by atoms with Gasteiger partial charge in [-0.2, -0.15) is 0 Å². The molecule has 0 radical (unpaired) electrons. The van der Waals surface area contributed by atoms with Crippen LogP contribution < -0.4 is 5.32 Å². The summed E-state index contributed by atoms with van der Waals surface area (Å²) in [6.07, 6.45) is 0. The second-order valence-electron chi connectivity index (χ2n) is 4.06. The number of hydrogen-bond donors (Lipinski definition) is 1. The number of imide groups is 1. The summed E-state index contributed by atoms with van der Waals surface area (Å²) in [4.78, 5) is 24.4. The van der Waals surface area contributed by atoms with Crippen molar-refractivity contribution in [3.63, 3.8) is 0 Å². The number of nitrogens with zero attached hydrogens (tertiary/aromatic N) is 1. The highest BCUT2D eigenvalue weighted by molar-refractivity contribution is 5.97. The molecule has 1 atom stereocenters. The fourth-order valence-corrected chi connectivity index (χ4v) is 1.74. The SMILES string of the molecule is C[C@H]1CN(Cc2ccccc2)C(=O)NC1=O. The monoisotopic (exact) mass is 218 g/mol. The molecule has 1 aromatic rings. The summed E-state index contributed by atoms with van der Waals surface area (Å²) in [5.41, 5.74) is 1.07. The first-order chi connectivity index (χ1) is 7.66. The lowest BCUT2D eigenvalue weighted by Gasteiger charge is -2.30. The summed E-state index contributed by atoms with van der Waals surface area (Å²) < 4.78 is 0. The summed E-state index contributed by atoms with van der Waals surface area (Å²) >= 11 is 0. The highest BCUT2D eigenvalue weighted by atomic mass is 16.2. The summed E-state index contributed by atoms with van der Waals surface area (Å²) in [6.45, 7) is 2.85. The van der Waals surface area contributed by atoms with Gasteiger partial charge in [-0.05, 0) is 5.56 Å². The van der Waals surface area contributed by atoms with E-state index in [1.165, 1.54) is 0 Å². The van der Waals surface area contributed by atoms with Gasteiger partial charge in [0.05, 0.1) is 5.92 Å². The first-order valence-electron chi connectivity index (χ1n) is 5.30. The second-order valence-corrected chi connectivity index (χ2v) is 4.06. The molecule has 4 heteroatoms. The second kappa shape index (κ2) is 4.35. The number of benzene rings is 1. The van der Waals surface area contributed by atoms with Crippen LogP contribution in [-0.2, 0) is 11.3 Å². The van der Waals surface area contributed by atoms with Crippen molar-refractivity contribution in [2.45, 2.75) is 13.5 Å². The number of nitrogens with one attached hydrogen (secondary N) is 1. The Hall–Kier alpha value is -1.84. The zero-order valence-electron chi connectivity index (χ0n) is 9.14. The van der Waals surface area contributed by atoms with Crippen LogP contribution in [0.3, 0.4) is 0 Å². The maximum absolute atomic E-state index is 11.5. The Morgan fingerprint density at radius 2 is 2.00 bits per heavy atom. The van der Waals surface area contributed by atoms with Gasteiger partial charge in [-0.1, -0.05) is 37.3 Å². The van der Waals surface area contributed by atoms with Crippen molar-refractivity contribution in [3.8, 4) is 0 Å². The van der Waals surface area contributed by atoms with Crippen LogP contribution in [0.1, 0.15) is 12.5 Å². The van der Waals surface area contributed by atoms with E-state index in [4.69, 9.17) is 0 Å². The van der Waals surface area contributed by atoms with Gasteiger partial charge in [-0.15, -0.1) is 0 Å². The molecule has 0 bridgehead atoms. The van der Waals surface area contributed by atoms with Crippen molar-refractivity contribution in [2.24, 2.45) is 5.92 Å². The first-order valence-corrected chi connectivity index (χ1v) is 5.30. The molecule has 3 amide bonds. The third kappa shape index (κ3) is 2.21. The Kier molecular flexibility index (Phi) is 2.90. The van der Waals surface area contributed by atoms with E-state index in [-0.39, 0.29) is 17.9 Å². The average Bonchev–Trinajstić information content (AvgIpc) is 2.27. The van der Waals surface area contributed by atoms with E-state index in [0.29, 0.717) is 13.1 Å². The molecule has 2 rings (SSSR count). The maximum Gasteiger partial charge on any atom is 0.324 e. The largest absolute Gasteiger partial charge is 0.324 e. The lowest BCUT2D eigenvalue weighted by molar-refractivity contribution is -0.125. The van der Waals surface area contributed by atoms with E-state index in [2.05, 4.69) is 5.32 Å². The lowest BCUT2D eigenvalue weighted by Crippen LogP contribution is -2.53. The van der Waals surface area contributed by atoms with Gasteiger partial charge in [0.25, 0.3) is 0 Å². The highest BCUT2D eigenvalue weighted by Gasteiger charge is 2.28. The fraction of sp³-hybridized carbons (Fsp3) is 0.333. The third-order valence-corrected chi connectivity index (χ3v) is 2.68. The van der Waals surface area contributed by atoms with Crippen LogP contribution in [-0.4, -0.2) is 23.4 Å². The van der Waals surface area contributed by atoms with Crippen LogP contribution in [0.15, 0.2) is 30.3 Å². The van der Waals surface area contributed by atoms with Gasteiger partial charge >= 0.3 is 6.03 Å². The highest BCUT2D eigenvalue weighted by Crippen LogP contribution is 2.11. The number of carbonyl (C=O) groups is 2. The molecule has 0 saturated carbocycles. The Morgan fingerprint density at radius 3 is 2.69 bits per heavy atom. The molecule has 1 saturated heterocycles. The van der Waals surface area contributed by atoms with Crippen LogP contribution >= 0.6 is 0 Å². The van der Waals surface area contributed by atoms with Gasteiger partial charge in [0.2, 0.25) is 5.91 Å². The van der Waals surface area contributed by atoms with Gasteiger partial charge in [0.15, 0.2) is 0 Å². The smallest absolute Gasteiger partial charge is 0.319 e. The number of hydrogen-bond acceptors (Lipinski definition) is 2. The lowest BCUT2D eigenvalue weighted by atomic mass is 10.1. The Morgan fingerprint density at radius 1 is 1.31 bits per heavy atom.